The van der Waals surface area contributed by atoms with Gasteiger partial charge in [-0.1, -0.05) is 30.7 Å². The molecular formula is C20H19ClN4O3. The van der Waals surface area contributed by atoms with Crippen LogP contribution in [-0.2, 0) is 11.3 Å². The van der Waals surface area contributed by atoms with Crippen LogP contribution in [0.5, 0.6) is 0 Å². The van der Waals surface area contributed by atoms with Crippen molar-refractivity contribution in [3.8, 4) is 0 Å². The van der Waals surface area contributed by atoms with Crippen molar-refractivity contribution in [2.24, 2.45) is 0 Å². The number of nitrogens with zero attached hydrogens (tertiary/aromatic N) is 3. The summed E-state index contributed by atoms with van der Waals surface area (Å²) in [6.07, 6.45) is 2.00. The fourth-order valence-corrected chi connectivity index (χ4v) is 3.64. The lowest BCUT2D eigenvalue weighted by Crippen LogP contribution is -2.39. The monoisotopic (exact) mass is 398 g/mol. The molecule has 4 aromatic rings. The van der Waals surface area contributed by atoms with Gasteiger partial charge in [-0.3, -0.25) is 14.0 Å². The Hall–Kier alpha value is -3.06. The number of rotatable bonds is 5. The van der Waals surface area contributed by atoms with Crippen molar-refractivity contribution in [2.45, 2.75) is 32.9 Å². The summed E-state index contributed by atoms with van der Waals surface area (Å²) in [6, 6.07) is 10.0. The highest BCUT2D eigenvalue weighted by molar-refractivity contribution is 6.30. The summed E-state index contributed by atoms with van der Waals surface area (Å²) in [5, 5.41) is 7.88. The highest BCUT2D eigenvalue weighted by Crippen LogP contribution is 2.21. The van der Waals surface area contributed by atoms with Gasteiger partial charge in [0.1, 0.15) is 17.4 Å². The second kappa shape index (κ2) is 7.16. The van der Waals surface area contributed by atoms with E-state index in [4.69, 9.17) is 16.0 Å². The van der Waals surface area contributed by atoms with Crippen LogP contribution in [0.4, 0.5) is 0 Å². The molecule has 8 heteroatoms. The molecule has 1 N–H and O–H groups in total. The molecule has 0 saturated heterocycles. The van der Waals surface area contributed by atoms with Crippen LogP contribution in [0.15, 0.2) is 51.9 Å². The average Bonchev–Trinajstić information content (AvgIpc) is 3.26. The zero-order valence-electron chi connectivity index (χ0n) is 15.5. The number of carbonyl (C=O) groups is 1. The fraction of sp³-hybridized carbons (Fsp3) is 0.250. The van der Waals surface area contributed by atoms with Crippen molar-refractivity contribution in [2.75, 3.05) is 0 Å². The Kier molecular flexibility index (Phi) is 4.68. The van der Waals surface area contributed by atoms with Gasteiger partial charge in [-0.15, -0.1) is 0 Å². The number of hydrogen-bond acceptors (Lipinski definition) is 4. The number of benzene rings is 1. The number of halogens is 1. The number of amides is 1. The molecule has 0 fully saturated rings. The molecule has 0 aliphatic carbocycles. The van der Waals surface area contributed by atoms with Gasteiger partial charge in [0.25, 0.3) is 5.56 Å². The van der Waals surface area contributed by atoms with E-state index in [1.807, 2.05) is 19.1 Å². The van der Waals surface area contributed by atoms with Gasteiger partial charge in [0, 0.05) is 23.7 Å². The molecule has 7 nitrogen and oxygen atoms in total. The predicted molar refractivity (Wildman–Crippen MR) is 107 cm³/mol. The lowest BCUT2D eigenvalue weighted by atomic mass is 10.2. The van der Waals surface area contributed by atoms with Crippen molar-refractivity contribution in [1.29, 1.82) is 0 Å². The summed E-state index contributed by atoms with van der Waals surface area (Å²) < 4.78 is 8.40. The molecule has 1 unspecified atom stereocenters. The summed E-state index contributed by atoms with van der Waals surface area (Å²) in [5.74, 6) is 0.336. The fourth-order valence-electron chi connectivity index (χ4n) is 3.43. The van der Waals surface area contributed by atoms with E-state index < -0.39 is 6.04 Å². The number of aryl methyl sites for hydroxylation is 1. The Morgan fingerprint density at radius 1 is 1.29 bits per heavy atom. The van der Waals surface area contributed by atoms with Crippen LogP contribution in [0.2, 0.25) is 5.02 Å². The first-order chi connectivity index (χ1) is 13.5. The first-order valence-electron chi connectivity index (χ1n) is 9.00. The Morgan fingerprint density at radius 3 is 2.86 bits per heavy atom. The lowest BCUT2D eigenvalue weighted by molar-refractivity contribution is -0.125. The predicted octanol–water partition coefficient (Wildman–Crippen LogP) is 3.47. The molecule has 3 aromatic heterocycles. The molecule has 0 bridgehead atoms. The quantitative estimate of drug-likeness (QED) is 0.558. The SMILES string of the molecule is CCC(C(=O)NCc1cccc(Cl)c1)n1nc(C)n2c(cc3occc32)c1=O. The van der Waals surface area contributed by atoms with Crippen LogP contribution < -0.4 is 10.9 Å². The van der Waals surface area contributed by atoms with E-state index in [1.165, 1.54) is 4.68 Å². The largest absolute Gasteiger partial charge is 0.463 e. The average molecular weight is 399 g/mol. The van der Waals surface area contributed by atoms with Crippen LogP contribution >= 0.6 is 11.6 Å². The molecule has 0 aliphatic rings. The number of carbonyl (C=O) groups excluding carboxylic acids is 1. The molecule has 0 spiro atoms. The van der Waals surface area contributed by atoms with Crippen molar-refractivity contribution in [1.82, 2.24) is 19.5 Å². The second-order valence-corrected chi connectivity index (χ2v) is 7.04. The third-order valence-electron chi connectivity index (χ3n) is 4.77. The summed E-state index contributed by atoms with van der Waals surface area (Å²) in [4.78, 5) is 25.8. The van der Waals surface area contributed by atoms with Crippen LogP contribution in [0.25, 0.3) is 16.6 Å². The van der Waals surface area contributed by atoms with Crippen LogP contribution in [0.3, 0.4) is 0 Å². The van der Waals surface area contributed by atoms with Gasteiger partial charge >= 0.3 is 0 Å². The molecular weight excluding hydrogens is 380 g/mol. The molecule has 4 rings (SSSR count). The smallest absolute Gasteiger partial charge is 0.291 e. The van der Waals surface area contributed by atoms with Crippen LogP contribution in [0.1, 0.15) is 30.8 Å². The summed E-state index contributed by atoms with van der Waals surface area (Å²) >= 11 is 5.99. The van der Waals surface area contributed by atoms with Crippen molar-refractivity contribution in [3.63, 3.8) is 0 Å². The number of fused-ring (bicyclic) bond motifs is 3. The summed E-state index contributed by atoms with van der Waals surface area (Å²) in [5.41, 5.74) is 2.38. The first kappa shape index (κ1) is 18.3. The van der Waals surface area contributed by atoms with Gasteiger partial charge in [0.2, 0.25) is 5.91 Å². The van der Waals surface area contributed by atoms with E-state index in [1.54, 1.807) is 41.9 Å². The zero-order valence-corrected chi connectivity index (χ0v) is 16.2. The minimum atomic E-state index is -0.711. The topological polar surface area (TPSA) is 81.5 Å². The number of aromatic nitrogens is 3. The molecule has 1 atom stereocenters. The van der Waals surface area contributed by atoms with Gasteiger partial charge in [-0.25, -0.2) is 4.68 Å². The summed E-state index contributed by atoms with van der Waals surface area (Å²) in [6.45, 7) is 3.97. The molecule has 0 radical (unpaired) electrons. The number of nitrogens with one attached hydrogen (secondary N) is 1. The minimum Gasteiger partial charge on any atom is -0.463 e. The molecule has 0 saturated carbocycles. The molecule has 0 aliphatic heterocycles. The van der Waals surface area contributed by atoms with Gasteiger partial charge in [-0.05, 0) is 31.0 Å². The van der Waals surface area contributed by atoms with Crippen LogP contribution in [0, 0.1) is 6.92 Å². The Balaban J connectivity index is 1.67. The van der Waals surface area contributed by atoms with E-state index in [0.29, 0.717) is 34.9 Å². The van der Waals surface area contributed by atoms with Crippen molar-refractivity contribution >= 4 is 34.1 Å². The second-order valence-electron chi connectivity index (χ2n) is 6.60. The summed E-state index contributed by atoms with van der Waals surface area (Å²) in [7, 11) is 0. The van der Waals surface area contributed by atoms with E-state index >= 15 is 0 Å². The molecule has 1 amide bonds. The molecule has 1 aromatic carbocycles. The van der Waals surface area contributed by atoms with Crippen LogP contribution in [-0.4, -0.2) is 20.1 Å². The third-order valence-corrected chi connectivity index (χ3v) is 5.00. The highest BCUT2D eigenvalue weighted by Gasteiger charge is 2.23. The first-order valence-corrected chi connectivity index (χ1v) is 9.37. The maximum absolute atomic E-state index is 13.0. The van der Waals surface area contributed by atoms with E-state index in [2.05, 4.69) is 10.4 Å². The Bertz CT molecular complexity index is 1240. The van der Waals surface area contributed by atoms with E-state index in [9.17, 15) is 9.59 Å². The number of furan rings is 1. The lowest BCUT2D eigenvalue weighted by Gasteiger charge is -2.18. The third kappa shape index (κ3) is 3.07. The zero-order chi connectivity index (χ0) is 19.8. The van der Waals surface area contributed by atoms with Gasteiger partial charge in [0.05, 0.1) is 11.8 Å². The number of hydrogen-bond donors (Lipinski definition) is 1. The molecule has 144 valence electrons. The van der Waals surface area contributed by atoms with E-state index in [-0.39, 0.29) is 11.5 Å². The van der Waals surface area contributed by atoms with E-state index in [0.717, 1.165) is 11.1 Å². The molecule has 28 heavy (non-hydrogen) atoms. The maximum atomic E-state index is 13.0. The molecule has 3 heterocycles. The van der Waals surface area contributed by atoms with Crippen molar-refractivity contribution < 1.29 is 9.21 Å². The van der Waals surface area contributed by atoms with Gasteiger partial charge in [0.15, 0.2) is 5.58 Å². The van der Waals surface area contributed by atoms with Gasteiger partial charge < -0.3 is 9.73 Å². The minimum absolute atomic E-state index is 0.268. The maximum Gasteiger partial charge on any atom is 0.291 e. The Labute approximate surface area is 165 Å². The Morgan fingerprint density at radius 2 is 2.11 bits per heavy atom. The normalized spacial score (nSPS) is 12.5. The van der Waals surface area contributed by atoms with Crippen molar-refractivity contribution in [3.05, 3.63) is 69.4 Å². The standard InChI is InChI=1S/C20H19ClN4O3/c1-3-15(19(26)22-11-13-5-4-6-14(21)9-13)25-20(27)17-10-18-16(7-8-28-18)24(17)12(2)23-25/h4-10,15H,3,11H2,1-2H3,(H,22,26). The highest BCUT2D eigenvalue weighted by atomic mass is 35.5. The van der Waals surface area contributed by atoms with Gasteiger partial charge in [-0.2, -0.15) is 5.10 Å².